The van der Waals surface area contributed by atoms with Crippen LogP contribution in [0.3, 0.4) is 0 Å². The molecule has 0 saturated heterocycles. The summed E-state index contributed by atoms with van der Waals surface area (Å²) in [6.45, 7) is 0. The van der Waals surface area contributed by atoms with Gasteiger partial charge in [-0.05, 0) is 6.07 Å². The van der Waals surface area contributed by atoms with E-state index in [1.54, 1.807) is 0 Å². The molecule has 0 aliphatic heterocycles. The molecule has 0 unspecified atom stereocenters. The fourth-order valence-electron chi connectivity index (χ4n) is 1.08. The van der Waals surface area contributed by atoms with E-state index in [4.69, 9.17) is 5.11 Å². The van der Waals surface area contributed by atoms with E-state index in [1.165, 1.54) is 12.1 Å². The maximum Gasteiger partial charge on any atom is 0.311 e. The number of hydrogen-bond donors (Lipinski definition) is 1. The van der Waals surface area contributed by atoms with Crippen LogP contribution in [0.25, 0.3) is 0 Å². The van der Waals surface area contributed by atoms with Crippen LogP contribution in [0.15, 0.2) is 22.7 Å². The van der Waals surface area contributed by atoms with Crippen LogP contribution in [-0.2, 0) is 4.79 Å². The summed E-state index contributed by atoms with van der Waals surface area (Å²) < 4.78 is 0.357. The van der Waals surface area contributed by atoms with Crippen molar-refractivity contribution in [1.82, 2.24) is 0 Å². The number of nitro benzene ring substituents is 1. The zero-order valence-electron chi connectivity index (χ0n) is 7.84. The molecule has 7 heteroatoms. The zero-order valence-corrected chi connectivity index (χ0v) is 9.43. The highest BCUT2D eigenvalue weighted by Gasteiger charge is 2.15. The van der Waals surface area contributed by atoms with Gasteiger partial charge >= 0.3 is 5.97 Å². The van der Waals surface area contributed by atoms with E-state index in [-0.39, 0.29) is 11.3 Å². The third kappa shape index (κ3) is 3.13. The van der Waals surface area contributed by atoms with Crippen molar-refractivity contribution in [1.29, 1.82) is 0 Å². The molecule has 1 rings (SSSR count). The number of hydrogen-bond acceptors (Lipinski definition) is 4. The topological polar surface area (TPSA) is 97.5 Å². The standard InChI is InChI=1S/C9H6BrNO5/c10-6-1-5(8(12)4-9(13)14)2-7(3-6)11(15)16/h1-3H,4H2,(H,13,14). The Labute approximate surface area is 98.2 Å². The average Bonchev–Trinajstić information content (AvgIpc) is 2.15. The highest BCUT2D eigenvalue weighted by atomic mass is 79.9. The fraction of sp³-hybridized carbons (Fsp3) is 0.111. The molecule has 6 nitrogen and oxygen atoms in total. The molecular weight excluding hydrogens is 282 g/mol. The monoisotopic (exact) mass is 287 g/mol. The number of aliphatic carboxylic acids is 1. The third-order valence-electron chi connectivity index (χ3n) is 1.73. The van der Waals surface area contributed by atoms with E-state index >= 15 is 0 Å². The van der Waals surface area contributed by atoms with Gasteiger partial charge in [-0.15, -0.1) is 0 Å². The summed E-state index contributed by atoms with van der Waals surface area (Å²) in [4.78, 5) is 31.5. The normalized spacial score (nSPS) is 9.81. The molecule has 0 aliphatic rings. The minimum Gasteiger partial charge on any atom is -0.481 e. The molecule has 0 spiro atoms. The van der Waals surface area contributed by atoms with Crippen molar-refractivity contribution in [3.05, 3.63) is 38.3 Å². The molecule has 0 saturated carbocycles. The molecule has 1 aromatic rings. The van der Waals surface area contributed by atoms with E-state index < -0.39 is 23.1 Å². The molecule has 16 heavy (non-hydrogen) atoms. The summed E-state index contributed by atoms with van der Waals surface area (Å²) in [5, 5.41) is 18.9. The first-order valence-electron chi connectivity index (χ1n) is 4.10. The molecule has 0 amide bonds. The lowest BCUT2D eigenvalue weighted by Crippen LogP contribution is -2.07. The first-order chi connectivity index (χ1) is 7.40. The van der Waals surface area contributed by atoms with Gasteiger partial charge in [-0.25, -0.2) is 0 Å². The summed E-state index contributed by atoms with van der Waals surface area (Å²) in [5.41, 5.74) is -0.258. The first-order valence-corrected chi connectivity index (χ1v) is 4.89. The number of nitro groups is 1. The van der Waals surface area contributed by atoms with Crippen molar-refractivity contribution < 1.29 is 19.6 Å². The molecule has 1 aromatic carbocycles. The first kappa shape index (κ1) is 12.3. The summed E-state index contributed by atoms with van der Waals surface area (Å²) >= 11 is 3.01. The maximum atomic E-state index is 11.4. The predicted octanol–water partition coefficient (Wildman–Crippen LogP) is 2.01. The number of Topliss-reactive ketones (excluding diaryl/α,β-unsaturated/α-hetero) is 1. The Bertz CT molecular complexity index is 471. The van der Waals surface area contributed by atoms with Gasteiger partial charge in [-0.2, -0.15) is 0 Å². The highest BCUT2D eigenvalue weighted by Crippen LogP contribution is 2.22. The van der Waals surface area contributed by atoms with Crippen molar-refractivity contribution in [3.8, 4) is 0 Å². The number of carboxylic acids is 1. The van der Waals surface area contributed by atoms with Crippen LogP contribution < -0.4 is 0 Å². The van der Waals surface area contributed by atoms with Gasteiger partial charge in [0.05, 0.1) is 4.92 Å². The maximum absolute atomic E-state index is 11.4. The minimum atomic E-state index is -1.27. The predicted molar refractivity (Wildman–Crippen MR) is 57.4 cm³/mol. The Hall–Kier alpha value is -1.76. The van der Waals surface area contributed by atoms with Gasteiger partial charge in [-0.3, -0.25) is 19.7 Å². The molecule has 0 atom stereocenters. The molecule has 0 fully saturated rings. The van der Waals surface area contributed by atoms with Crippen molar-refractivity contribution in [2.45, 2.75) is 6.42 Å². The lowest BCUT2D eigenvalue weighted by atomic mass is 10.1. The molecule has 0 heterocycles. The van der Waals surface area contributed by atoms with Crippen molar-refractivity contribution in [2.24, 2.45) is 0 Å². The SMILES string of the molecule is O=C(O)CC(=O)c1cc(Br)cc([N+](=O)[O-])c1. The summed E-state index contributed by atoms with van der Waals surface area (Å²) in [6.07, 6.45) is -0.687. The lowest BCUT2D eigenvalue weighted by Gasteiger charge is -1.99. The Balaban J connectivity index is 3.09. The Morgan fingerprint density at radius 2 is 2.00 bits per heavy atom. The van der Waals surface area contributed by atoms with Gasteiger partial charge in [0.25, 0.3) is 5.69 Å². The van der Waals surface area contributed by atoms with E-state index in [0.29, 0.717) is 4.47 Å². The number of ketones is 1. The smallest absolute Gasteiger partial charge is 0.311 e. The molecule has 0 radical (unpaired) electrons. The quantitative estimate of drug-likeness (QED) is 0.395. The van der Waals surface area contributed by atoms with E-state index in [0.717, 1.165) is 6.07 Å². The molecule has 84 valence electrons. The van der Waals surface area contributed by atoms with Gasteiger partial charge in [0, 0.05) is 22.2 Å². The van der Waals surface area contributed by atoms with Crippen LogP contribution in [0.4, 0.5) is 5.69 Å². The number of benzene rings is 1. The van der Waals surface area contributed by atoms with E-state index in [2.05, 4.69) is 15.9 Å². The van der Waals surface area contributed by atoms with Crippen molar-refractivity contribution in [2.75, 3.05) is 0 Å². The van der Waals surface area contributed by atoms with Crippen molar-refractivity contribution in [3.63, 3.8) is 0 Å². The number of halogens is 1. The average molecular weight is 288 g/mol. The Morgan fingerprint density at radius 3 is 2.50 bits per heavy atom. The summed E-state index contributed by atoms with van der Waals surface area (Å²) in [5.74, 6) is -1.94. The molecule has 0 aromatic heterocycles. The van der Waals surface area contributed by atoms with Gasteiger partial charge in [0.2, 0.25) is 0 Å². The second-order valence-corrected chi connectivity index (χ2v) is 3.86. The van der Waals surface area contributed by atoms with Crippen LogP contribution in [0.5, 0.6) is 0 Å². The lowest BCUT2D eigenvalue weighted by molar-refractivity contribution is -0.385. The highest BCUT2D eigenvalue weighted by molar-refractivity contribution is 9.10. The Kier molecular flexibility index (Phi) is 3.73. The zero-order chi connectivity index (χ0) is 12.3. The molecule has 0 aliphatic carbocycles. The number of carbonyl (C=O) groups is 2. The molecule has 0 bridgehead atoms. The molecule has 1 N–H and O–H groups in total. The van der Waals surface area contributed by atoms with Crippen molar-refractivity contribution >= 4 is 33.4 Å². The van der Waals surface area contributed by atoms with E-state index in [9.17, 15) is 19.7 Å². The second kappa shape index (κ2) is 4.84. The van der Waals surface area contributed by atoms with Crippen LogP contribution in [-0.4, -0.2) is 21.8 Å². The van der Waals surface area contributed by atoms with Gasteiger partial charge in [-0.1, -0.05) is 15.9 Å². The number of nitrogens with zero attached hydrogens (tertiary/aromatic N) is 1. The second-order valence-electron chi connectivity index (χ2n) is 2.95. The number of carbonyl (C=O) groups excluding carboxylic acids is 1. The number of non-ortho nitro benzene ring substituents is 1. The number of carboxylic acid groups (broad SMARTS) is 1. The van der Waals surface area contributed by atoms with Gasteiger partial charge < -0.3 is 5.11 Å². The van der Waals surface area contributed by atoms with Crippen LogP contribution in [0.1, 0.15) is 16.8 Å². The van der Waals surface area contributed by atoms with Gasteiger partial charge in [0.1, 0.15) is 6.42 Å². The Morgan fingerprint density at radius 1 is 1.38 bits per heavy atom. The summed E-state index contributed by atoms with van der Waals surface area (Å²) in [6, 6.07) is 3.63. The van der Waals surface area contributed by atoms with Crippen LogP contribution in [0, 0.1) is 10.1 Å². The summed E-state index contributed by atoms with van der Waals surface area (Å²) in [7, 11) is 0. The third-order valence-corrected chi connectivity index (χ3v) is 2.18. The largest absolute Gasteiger partial charge is 0.481 e. The fourth-order valence-corrected chi connectivity index (χ4v) is 1.56. The van der Waals surface area contributed by atoms with Crippen LogP contribution >= 0.6 is 15.9 Å². The van der Waals surface area contributed by atoms with Gasteiger partial charge in [0.15, 0.2) is 5.78 Å². The minimum absolute atomic E-state index is 0.00322. The molecular formula is C9H6BrNO5. The van der Waals surface area contributed by atoms with E-state index in [1.807, 2.05) is 0 Å². The van der Waals surface area contributed by atoms with Crippen LogP contribution in [0.2, 0.25) is 0 Å². The number of rotatable bonds is 4.